The Morgan fingerprint density at radius 1 is 1.42 bits per heavy atom. The minimum absolute atomic E-state index is 0.0338. The highest BCUT2D eigenvalue weighted by Gasteiger charge is 2.08. The van der Waals surface area contributed by atoms with E-state index in [4.69, 9.17) is 4.74 Å². The van der Waals surface area contributed by atoms with E-state index in [0.29, 0.717) is 11.9 Å². The second-order valence-corrected chi connectivity index (χ2v) is 5.49. The summed E-state index contributed by atoms with van der Waals surface area (Å²) in [6.45, 7) is 4.28. The van der Waals surface area contributed by atoms with Crippen molar-refractivity contribution in [1.82, 2.24) is 9.27 Å². The van der Waals surface area contributed by atoms with Gasteiger partial charge in [0.25, 0.3) is 5.56 Å². The molecule has 0 saturated carbocycles. The number of hydrogen-bond acceptors (Lipinski definition) is 4. The zero-order chi connectivity index (χ0) is 13.8. The minimum Gasteiger partial charge on any atom is -0.448 e. The zero-order valence-electron chi connectivity index (χ0n) is 10.9. The molecule has 1 aromatic heterocycles. The molecule has 1 amide bonds. The molecule has 0 atom stereocenters. The van der Waals surface area contributed by atoms with Gasteiger partial charge >= 0.3 is 6.09 Å². The number of nitrogens with zero attached hydrogens (tertiary/aromatic N) is 1. The van der Waals surface area contributed by atoms with Crippen molar-refractivity contribution in [2.75, 3.05) is 6.61 Å². The van der Waals surface area contributed by atoms with Crippen molar-refractivity contribution in [1.29, 1.82) is 0 Å². The molecule has 1 aromatic carbocycles. The lowest BCUT2D eigenvalue weighted by Gasteiger charge is -2.08. The Morgan fingerprint density at radius 3 is 2.84 bits per heavy atom. The van der Waals surface area contributed by atoms with E-state index in [1.807, 2.05) is 32.0 Å². The third kappa shape index (κ3) is 3.35. The highest BCUT2D eigenvalue weighted by molar-refractivity contribution is 7.13. The first-order chi connectivity index (χ1) is 9.08. The molecule has 5 nitrogen and oxygen atoms in total. The molecular formula is C13H16N2O3S. The summed E-state index contributed by atoms with van der Waals surface area (Å²) in [6.07, 6.45) is -0.454. The number of carbonyl (C=O) groups excluding carboxylic acids is 1. The molecule has 0 bridgehead atoms. The average molecular weight is 280 g/mol. The van der Waals surface area contributed by atoms with Gasteiger partial charge in [-0.2, -0.15) is 0 Å². The number of amides is 1. The number of aromatic nitrogens is 1. The van der Waals surface area contributed by atoms with E-state index in [1.165, 1.54) is 11.5 Å². The molecule has 0 aliphatic rings. The molecule has 1 N–H and O–H groups in total. The Bertz CT molecular complexity index is 630. The summed E-state index contributed by atoms with van der Waals surface area (Å²) in [7, 11) is 0. The molecule has 0 saturated heterocycles. The van der Waals surface area contributed by atoms with Gasteiger partial charge in [-0.1, -0.05) is 23.7 Å². The van der Waals surface area contributed by atoms with Crippen LogP contribution in [-0.4, -0.2) is 22.7 Å². The summed E-state index contributed by atoms with van der Waals surface area (Å²) < 4.78 is 7.55. The number of alkyl carbamates (subject to hydrolysis) is 1. The molecular weight excluding hydrogens is 264 g/mol. The number of rotatable bonds is 4. The smallest absolute Gasteiger partial charge is 0.407 e. The van der Waals surface area contributed by atoms with Crippen LogP contribution in [0.3, 0.4) is 0 Å². The maximum Gasteiger partial charge on any atom is 0.407 e. The fourth-order valence-corrected chi connectivity index (χ4v) is 2.64. The normalized spacial score (nSPS) is 10.9. The lowest BCUT2D eigenvalue weighted by Crippen LogP contribution is -2.31. The van der Waals surface area contributed by atoms with E-state index >= 15 is 0 Å². The van der Waals surface area contributed by atoms with E-state index in [9.17, 15) is 9.59 Å². The van der Waals surface area contributed by atoms with Gasteiger partial charge in [-0.25, -0.2) is 4.79 Å². The SMILES string of the molecule is CC(C)NC(=O)OCCn1sc2ccccc2c1=O. The molecule has 6 heteroatoms. The first kappa shape index (κ1) is 13.6. The van der Waals surface area contributed by atoms with Crippen LogP contribution in [0.1, 0.15) is 13.8 Å². The summed E-state index contributed by atoms with van der Waals surface area (Å²) >= 11 is 1.38. The topological polar surface area (TPSA) is 60.3 Å². The van der Waals surface area contributed by atoms with Gasteiger partial charge in [0.05, 0.1) is 16.6 Å². The summed E-state index contributed by atoms with van der Waals surface area (Å²) in [4.78, 5) is 23.3. The van der Waals surface area contributed by atoms with Gasteiger partial charge in [0.2, 0.25) is 0 Å². The monoisotopic (exact) mass is 280 g/mol. The van der Waals surface area contributed by atoms with Crippen molar-refractivity contribution >= 4 is 27.7 Å². The maximum absolute atomic E-state index is 12.0. The van der Waals surface area contributed by atoms with Crippen molar-refractivity contribution in [3.05, 3.63) is 34.6 Å². The predicted octanol–water partition coefficient (Wildman–Crippen LogP) is 2.20. The highest BCUT2D eigenvalue weighted by atomic mass is 32.1. The van der Waals surface area contributed by atoms with Crippen LogP contribution < -0.4 is 10.9 Å². The molecule has 0 radical (unpaired) electrons. The first-order valence-electron chi connectivity index (χ1n) is 6.10. The molecule has 102 valence electrons. The Morgan fingerprint density at radius 2 is 2.16 bits per heavy atom. The van der Waals surface area contributed by atoms with Gasteiger partial charge in [0, 0.05) is 6.04 Å². The molecule has 0 spiro atoms. The molecule has 19 heavy (non-hydrogen) atoms. The van der Waals surface area contributed by atoms with Crippen LogP contribution in [-0.2, 0) is 11.3 Å². The van der Waals surface area contributed by atoms with E-state index in [2.05, 4.69) is 5.32 Å². The van der Waals surface area contributed by atoms with E-state index < -0.39 is 6.09 Å². The maximum atomic E-state index is 12.0. The molecule has 0 unspecified atom stereocenters. The van der Waals surface area contributed by atoms with Crippen molar-refractivity contribution in [2.45, 2.75) is 26.4 Å². The number of hydrogen-bond donors (Lipinski definition) is 1. The number of fused-ring (bicyclic) bond motifs is 1. The fourth-order valence-electron chi connectivity index (χ4n) is 1.66. The number of ether oxygens (including phenoxy) is 1. The third-order valence-corrected chi connectivity index (χ3v) is 3.61. The average Bonchev–Trinajstić information content (AvgIpc) is 2.66. The number of carbonyl (C=O) groups is 1. The van der Waals surface area contributed by atoms with Crippen molar-refractivity contribution < 1.29 is 9.53 Å². The van der Waals surface area contributed by atoms with Crippen molar-refractivity contribution in [3.63, 3.8) is 0 Å². The quantitative estimate of drug-likeness (QED) is 0.934. The summed E-state index contributed by atoms with van der Waals surface area (Å²) in [5, 5.41) is 3.33. The van der Waals surface area contributed by atoms with Gasteiger partial charge in [-0.15, -0.1) is 0 Å². The Kier molecular flexibility index (Phi) is 4.21. The second kappa shape index (κ2) is 5.88. The van der Waals surface area contributed by atoms with Crippen LogP contribution in [0.15, 0.2) is 29.1 Å². The molecule has 2 aromatic rings. The van der Waals surface area contributed by atoms with Crippen LogP contribution in [0.4, 0.5) is 4.79 Å². The van der Waals surface area contributed by atoms with Gasteiger partial charge in [0.1, 0.15) is 6.61 Å². The Hall–Kier alpha value is -1.82. The summed E-state index contributed by atoms with van der Waals surface area (Å²) in [5.74, 6) is 0. The molecule has 0 fully saturated rings. The molecule has 0 aliphatic heterocycles. The fraction of sp³-hybridized carbons (Fsp3) is 0.385. The predicted molar refractivity (Wildman–Crippen MR) is 75.7 cm³/mol. The van der Waals surface area contributed by atoms with Gasteiger partial charge in [0.15, 0.2) is 0 Å². The largest absolute Gasteiger partial charge is 0.448 e. The summed E-state index contributed by atoms with van der Waals surface area (Å²) in [5.41, 5.74) is -0.0338. The Balaban J connectivity index is 1.97. The Labute approximate surface area is 115 Å². The number of benzene rings is 1. The first-order valence-corrected chi connectivity index (χ1v) is 6.87. The van der Waals surface area contributed by atoms with Crippen molar-refractivity contribution in [3.8, 4) is 0 Å². The zero-order valence-corrected chi connectivity index (χ0v) is 11.7. The summed E-state index contributed by atoms with van der Waals surface area (Å²) in [6, 6.07) is 7.49. The lowest BCUT2D eigenvalue weighted by molar-refractivity contribution is 0.140. The molecule has 0 aliphatic carbocycles. The van der Waals surface area contributed by atoms with Crippen LogP contribution in [0.25, 0.3) is 10.1 Å². The van der Waals surface area contributed by atoms with Gasteiger partial charge in [-0.05, 0) is 26.0 Å². The van der Waals surface area contributed by atoms with Crippen LogP contribution in [0.2, 0.25) is 0 Å². The van der Waals surface area contributed by atoms with Crippen LogP contribution in [0, 0.1) is 0 Å². The van der Waals surface area contributed by atoms with E-state index in [0.717, 1.165) is 4.70 Å². The highest BCUT2D eigenvalue weighted by Crippen LogP contribution is 2.15. The van der Waals surface area contributed by atoms with Gasteiger partial charge in [-0.3, -0.25) is 8.75 Å². The molecule has 1 heterocycles. The van der Waals surface area contributed by atoms with Crippen LogP contribution >= 0.6 is 11.5 Å². The number of nitrogens with one attached hydrogen (secondary N) is 1. The lowest BCUT2D eigenvalue weighted by atomic mass is 10.3. The van der Waals surface area contributed by atoms with E-state index in [-0.39, 0.29) is 18.2 Å². The van der Waals surface area contributed by atoms with Crippen LogP contribution in [0.5, 0.6) is 0 Å². The van der Waals surface area contributed by atoms with Gasteiger partial charge < -0.3 is 10.1 Å². The standard InChI is InChI=1S/C13H16N2O3S/c1-9(2)14-13(17)18-8-7-15-12(16)10-5-3-4-6-11(10)19-15/h3-6,9H,7-8H2,1-2H3,(H,14,17). The van der Waals surface area contributed by atoms with Crippen molar-refractivity contribution in [2.24, 2.45) is 0 Å². The minimum atomic E-state index is -0.454. The second-order valence-electron chi connectivity index (χ2n) is 4.43. The molecule has 2 rings (SSSR count). The third-order valence-electron chi connectivity index (χ3n) is 2.49. The van der Waals surface area contributed by atoms with E-state index in [1.54, 1.807) is 10.0 Å².